The molecule has 5 aromatic rings. The molecule has 2 aromatic heterocycles. The maximum atomic E-state index is 13.1. The predicted octanol–water partition coefficient (Wildman–Crippen LogP) is 6.01. The number of aromatic nitrogens is 2. The zero-order valence-corrected chi connectivity index (χ0v) is 25.5. The van der Waals surface area contributed by atoms with E-state index in [-0.39, 0.29) is 18.7 Å². The van der Waals surface area contributed by atoms with Gasteiger partial charge in [-0.2, -0.15) is 4.98 Å². The van der Waals surface area contributed by atoms with E-state index in [1.165, 1.54) is 4.57 Å². The number of benzene rings is 3. The molecule has 1 fully saturated rings. The molecular weight excluding hydrogens is 584 g/mol. The van der Waals surface area contributed by atoms with Gasteiger partial charge in [0.1, 0.15) is 35.2 Å². The smallest absolute Gasteiger partial charge is 0.353 e. The van der Waals surface area contributed by atoms with E-state index in [9.17, 15) is 9.90 Å². The summed E-state index contributed by atoms with van der Waals surface area (Å²) in [6.07, 6.45) is 6.31. The number of hydrogen-bond acceptors (Lipinski definition) is 8. The van der Waals surface area contributed by atoms with Crippen molar-refractivity contribution in [2.45, 2.75) is 36.9 Å². The second kappa shape index (κ2) is 12.4. The fraction of sp³-hybridized carbons (Fsp3) is 0.243. The number of hydrogen-bond donors (Lipinski definition) is 1. The Bertz CT molecular complexity index is 1890. The van der Waals surface area contributed by atoms with Crippen molar-refractivity contribution in [1.82, 2.24) is 9.55 Å². The van der Waals surface area contributed by atoms with Crippen LogP contribution >= 0.6 is 0 Å². The van der Waals surface area contributed by atoms with E-state index in [4.69, 9.17) is 23.4 Å². The number of furan rings is 1. The summed E-state index contributed by atoms with van der Waals surface area (Å²) in [7, 11) is 3.26. The van der Waals surface area contributed by atoms with Crippen LogP contribution in [-0.4, -0.2) is 47.7 Å². The SMILES string of the molecule is COc1ccc(C(OC[C@H]2O[C@@H](n3cc4cc(C5=CC=CC5)oc4nc3=O)C[C@@H]2O)(c2ccccc2)c2ccc(OC)cc2)cc1. The van der Waals surface area contributed by atoms with Gasteiger partial charge in [-0.1, -0.05) is 72.8 Å². The highest BCUT2D eigenvalue weighted by atomic mass is 16.6. The number of ether oxygens (including phenoxy) is 4. The topological polar surface area (TPSA) is 105 Å². The minimum absolute atomic E-state index is 0.0338. The zero-order valence-electron chi connectivity index (χ0n) is 25.5. The van der Waals surface area contributed by atoms with Gasteiger partial charge in [-0.25, -0.2) is 4.79 Å². The highest BCUT2D eigenvalue weighted by Crippen LogP contribution is 2.43. The Kier molecular flexibility index (Phi) is 8.04. The molecule has 0 saturated carbocycles. The van der Waals surface area contributed by atoms with E-state index in [1.807, 2.05) is 103 Å². The molecule has 0 amide bonds. The number of fused-ring (bicyclic) bond motifs is 1. The molecule has 0 bridgehead atoms. The third-order valence-electron chi connectivity index (χ3n) is 8.68. The van der Waals surface area contributed by atoms with Gasteiger partial charge in [-0.15, -0.1) is 0 Å². The lowest BCUT2D eigenvalue weighted by atomic mass is 9.80. The third kappa shape index (κ3) is 5.43. The maximum Gasteiger partial charge on any atom is 0.353 e. The van der Waals surface area contributed by atoms with Gasteiger partial charge in [0.05, 0.1) is 32.3 Å². The van der Waals surface area contributed by atoms with Crippen molar-refractivity contribution in [3.05, 3.63) is 142 Å². The minimum atomic E-state index is -1.07. The first-order valence-electron chi connectivity index (χ1n) is 15.2. The van der Waals surface area contributed by atoms with Crippen molar-refractivity contribution < 1.29 is 28.5 Å². The summed E-state index contributed by atoms with van der Waals surface area (Å²) in [4.78, 5) is 17.3. The van der Waals surface area contributed by atoms with Crippen LogP contribution in [0, 0.1) is 0 Å². The van der Waals surface area contributed by atoms with Crippen LogP contribution < -0.4 is 15.2 Å². The Morgan fingerprint density at radius 3 is 2.20 bits per heavy atom. The van der Waals surface area contributed by atoms with Crippen LogP contribution in [0.4, 0.5) is 0 Å². The molecule has 2 aliphatic rings. The Labute approximate surface area is 265 Å². The molecule has 1 saturated heterocycles. The normalized spacial score (nSPS) is 19.5. The van der Waals surface area contributed by atoms with Crippen LogP contribution in [0.5, 0.6) is 11.5 Å². The van der Waals surface area contributed by atoms with E-state index in [1.54, 1.807) is 20.4 Å². The van der Waals surface area contributed by atoms with Gasteiger partial charge in [0, 0.05) is 12.6 Å². The summed E-state index contributed by atoms with van der Waals surface area (Å²) in [5.74, 6) is 2.11. The van der Waals surface area contributed by atoms with Crippen molar-refractivity contribution in [3.8, 4) is 11.5 Å². The van der Waals surface area contributed by atoms with Crippen LogP contribution in [0.25, 0.3) is 16.7 Å². The van der Waals surface area contributed by atoms with Crippen LogP contribution in [0.1, 0.15) is 41.5 Å². The molecule has 1 aliphatic heterocycles. The first kappa shape index (κ1) is 29.7. The van der Waals surface area contributed by atoms with Crippen LogP contribution in [0.3, 0.4) is 0 Å². The first-order chi connectivity index (χ1) is 22.5. The molecule has 46 heavy (non-hydrogen) atoms. The number of aliphatic hydroxyl groups excluding tert-OH is 1. The number of aliphatic hydroxyl groups is 1. The average Bonchev–Trinajstić information content (AvgIpc) is 3.86. The van der Waals surface area contributed by atoms with E-state index < -0.39 is 29.7 Å². The summed E-state index contributed by atoms with van der Waals surface area (Å²) in [6.45, 7) is 0.0338. The molecule has 0 radical (unpaired) electrons. The number of rotatable bonds is 10. The van der Waals surface area contributed by atoms with Crippen molar-refractivity contribution in [2.75, 3.05) is 20.8 Å². The molecule has 0 unspecified atom stereocenters. The van der Waals surface area contributed by atoms with Gasteiger partial charge in [0.25, 0.3) is 0 Å². The van der Waals surface area contributed by atoms with Crippen LogP contribution in [-0.2, 0) is 15.1 Å². The highest BCUT2D eigenvalue weighted by molar-refractivity contribution is 5.79. The Morgan fingerprint density at radius 2 is 1.59 bits per heavy atom. The molecule has 3 atom stereocenters. The Hall–Kier alpha value is -4.96. The lowest BCUT2D eigenvalue weighted by molar-refractivity contribution is -0.0943. The second-order valence-corrected chi connectivity index (χ2v) is 11.4. The molecule has 234 valence electrons. The average molecular weight is 619 g/mol. The molecule has 7 rings (SSSR count). The van der Waals surface area contributed by atoms with Gasteiger partial charge >= 0.3 is 5.69 Å². The number of methoxy groups -OCH3 is 2. The third-order valence-corrected chi connectivity index (χ3v) is 8.68. The predicted molar refractivity (Wildman–Crippen MR) is 173 cm³/mol. The summed E-state index contributed by atoms with van der Waals surface area (Å²) in [6, 6.07) is 27.3. The monoisotopic (exact) mass is 618 g/mol. The van der Waals surface area contributed by atoms with Gasteiger partial charge in [0.2, 0.25) is 5.71 Å². The number of nitrogens with zero attached hydrogens (tertiary/aromatic N) is 2. The molecule has 3 aromatic carbocycles. The summed E-state index contributed by atoms with van der Waals surface area (Å²) < 4.78 is 31.4. The van der Waals surface area contributed by atoms with Crippen molar-refractivity contribution in [3.63, 3.8) is 0 Å². The lowest BCUT2D eigenvalue weighted by Crippen LogP contribution is -2.38. The van der Waals surface area contributed by atoms with Gasteiger partial charge in [-0.05, 0) is 59.0 Å². The molecular formula is C37H34N2O7. The molecule has 9 heteroatoms. The zero-order chi connectivity index (χ0) is 31.7. The van der Waals surface area contributed by atoms with Gasteiger partial charge < -0.3 is 28.5 Å². The Balaban J connectivity index is 1.21. The Morgan fingerprint density at radius 1 is 0.935 bits per heavy atom. The fourth-order valence-corrected chi connectivity index (χ4v) is 6.24. The molecule has 1 aliphatic carbocycles. The van der Waals surface area contributed by atoms with Crippen molar-refractivity contribution in [2.24, 2.45) is 0 Å². The highest BCUT2D eigenvalue weighted by Gasteiger charge is 2.42. The van der Waals surface area contributed by atoms with E-state index in [0.29, 0.717) is 11.1 Å². The number of allylic oxidation sites excluding steroid dienone is 4. The van der Waals surface area contributed by atoms with Crippen molar-refractivity contribution in [1.29, 1.82) is 0 Å². The fourth-order valence-electron chi connectivity index (χ4n) is 6.24. The maximum absolute atomic E-state index is 13.1. The van der Waals surface area contributed by atoms with E-state index >= 15 is 0 Å². The summed E-state index contributed by atoms with van der Waals surface area (Å²) in [5.41, 5.74) is 2.33. The molecule has 0 spiro atoms. The first-order valence-corrected chi connectivity index (χ1v) is 15.2. The minimum Gasteiger partial charge on any atom is -0.497 e. The summed E-state index contributed by atoms with van der Waals surface area (Å²) in [5, 5.41) is 11.9. The molecule has 3 heterocycles. The van der Waals surface area contributed by atoms with E-state index in [0.717, 1.165) is 40.2 Å². The van der Waals surface area contributed by atoms with Crippen molar-refractivity contribution >= 4 is 16.7 Å². The van der Waals surface area contributed by atoms with Crippen LogP contribution in [0.2, 0.25) is 0 Å². The molecule has 1 N–H and O–H groups in total. The van der Waals surface area contributed by atoms with E-state index in [2.05, 4.69) is 4.98 Å². The largest absolute Gasteiger partial charge is 0.497 e. The standard InChI is InChI=1S/C37H34N2O7/c1-42-29-16-12-27(13-17-29)37(26-10-4-3-5-11-26,28-14-18-30(43-2)19-15-28)44-23-33-31(40)21-34(45-33)39-22-25-20-32(24-8-6-7-9-24)46-35(25)38-36(39)41/h3-8,10-20,22,31,33-34,40H,9,21,23H2,1-2H3/t31-,33+,34+/m0/s1. The second-order valence-electron chi connectivity index (χ2n) is 11.4. The summed E-state index contributed by atoms with van der Waals surface area (Å²) >= 11 is 0. The van der Waals surface area contributed by atoms with Gasteiger partial charge in [0.15, 0.2) is 0 Å². The molecule has 9 nitrogen and oxygen atoms in total. The van der Waals surface area contributed by atoms with Gasteiger partial charge in [-0.3, -0.25) is 4.57 Å². The lowest BCUT2D eigenvalue weighted by Gasteiger charge is -2.37. The quantitative estimate of drug-likeness (QED) is 0.190. The van der Waals surface area contributed by atoms with Crippen LogP contribution in [0.15, 0.2) is 119 Å².